The molecule has 144 valence electrons. The zero-order chi connectivity index (χ0) is 18.5. The van der Waals surface area contributed by atoms with E-state index in [4.69, 9.17) is 18.7 Å². The van der Waals surface area contributed by atoms with Crippen molar-refractivity contribution in [2.24, 2.45) is 0 Å². The van der Waals surface area contributed by atoms with Crippen molar-refractivity contribution in [2.45, 2.75) is 31.8 Å². The first-order valence-corrected chi connectivity index (χ1v) is 9.63. The lowest BCUT2D eigenvalue weighted by molar-refractivity contribution is 0.0597. The van der Waals surface area contributed by atoms with Gasteiger partial charge in [0.25, 0.3) is 0 Å². The summed E-state index contributed by atoms with van der Waals surface area (Å²) in [4.78, 5) is 2.21. The first kappa shape index (κ1) is 17.9. The lowest BCUT2D eigenvalue weighted by Crippen LogP contribution is -2.31. The van der Waals surface area contributed by atoms with E-state index in [2.05, 4.69) is 10.1 Å². The van der Waals surface area contributed by atoms with Gasteiger partial charge in [0.2, 0.25) is 0 Å². The van der Waals surface area contributed by atoms with Gasteiger partial charge in [0.1, 0.15) is 5.69 Å². The van der Waals surface area contributed by atoms with Crippen molar-refractivity contribution in [3.05, 3.63) is 36.2 Å². The van der Waals surface area contributed by atoms with Crippen LogP contribution in [0, 0.1) is 0 Å². The number of morpholine rings is 1. The third kappa shape index (κ3) is 4.45. The average molecular weight is 370 g/mol. The van der Waals surface area contributed by atoms with Crippen LogP contribution in [0.3, 0.4) is 0 Å². The molecule has 1 aromatic heterocycles. The molecule has 6 nitrogen and oxygen atoms in total. The second kappa shape index (κ2) is 8.48. The zero-order valence-corrected chi connectivity index (χ0v) is 15.7. The number of benzene rings is 1. The van der Waals surface area contributed by atoms with Crippen molar-refractivity contribution in [3.8, 4) is 22.8 Å². The first-order chi connectivity index (χ1) is 13.3. The topological polar surface area (TPSA) is 57.0 Å². The van der Waals surface area contributed by atoms with Crippen molar-refractivity contribution >= 4 is 6.08 Å². The molecule has 2 heterocycles. The van der Waals surface area contributed by atoms with Crippen LogP contribution >= 0.6 is 0 Å². The maximum atomic E-state index is 6.18. The number of nitrogens with zero attached hydrogens (tertiary/aromatic N) is 2. The van der Waals surface area contributed by atoms with Gasteiger partial charge in [0, 0.05) is 30.9 Å². The molecule has 2 aliphatic rings. The minimum Gasteiger partial charge on any atom is -0.493 e. The molecule has 1 aromatic carbocycles. The Kier molecular flexibility index (Phi) is 5.63. The third-order valence-electron chi connectivity index (χ3n) is 5.08. The van der Waals surface area contributed by atoms with Crippen LogP contribution in [0.5, 0.6) is 11.5 Å². The molecule has 0 atom stereocenters. The minimum atomic E-state index is 0.276. The molecular weight excluding hydrogens is 344 g/mol. The van der Waals surface area contributed by atoms with Gasteiger partial charge in [-0.2, -0.15) is 0 Å². The summed E-state index contributed by atoms with van der Waals surface area (Å²) < 4.78 is 22.5. The van der Waals surface area contributed by atoms with Crippen molar-refractivity contribution in [1.29, 1.82) is 0 Å². The van der Waals surface area contributed by atoms with Gasteiger partial charge in [0.05, 0.1) is 26.4 Å². The Morgan fingerprint density at radius 2 is 1.93 bits per heavy atom. The molecule has 0 bridgehead atoms. The predicted octanol–water partition coefficient (Wildman–Crippen LogP) is 3.97. The highest BCUT2D eigenvalue weighted by Gasteiger charge is 2.19. The fourth-order valence-electron chi connectivity index (χ4n) is 3.52. The number of hydrogen-bond acceptors (Lipinski definition) is 6. The van der Waals surface area contributed by atoms with Gasteiger partial charge >= 0.3 is 0 Å². The van der Waals surface area contributed by atoms with Gasteiger partial charge < -0.3 is 23.6 Å². The SMILES string of the molecule is COc1ccc(-c2cc(C=CN3CCOCC3)on2)cc1OC1CCCC1. The Morgan fingerprint density at radius 3 is 2.70 bits per heavy atom. The molecule has 0 amide bonds. The smallest absolute Gasteiger partial charge is 0.162 e. The molecule has 1 aliphatic carbocycles. The number of ether oxygens (including phenoxy) is 3. The van der Waals surface area contributed by atoms with Gasteiger partial charge in [-0.1, -0.05) is 5.16 Å². The van der Waals surface area contributed by atoms with E-state index in [1.807, 2.05) is 36.5 Å². The lowest BCUT2D eigenvalue weighted by atomic mass is 10.1. The van der Waals surface area contributed by atoms with E-state index in [9.17, 15) is 0 Å². The van der Waals surface area contributed by atoms with Crippen LogP contribution < -0.4 is 9.47 Å². The van der Waals surface area contributed by atoms with Crippen molar-refractivity contribution < 1.29 is 18.7 Å². The Morgan fingerprint density at radius 1 is 1.11 bits per heavy atom. The van der Waals surface area contributed by atoms with E-state index < -0.39 is 0 Å². The number of hydrogen-bond donors (Lipinski definition) is 0. The van der Waals surface area contributed by atoms with Crippen molar-refractivity contribution in [2.75, 3.05) is 33.4 Å². The van der Waals surface area contributed by atoms with Gasteiger partial charge in [-0.15, -0.1) is 0 Å². The number of rotatable bonds is 6. The third-order valence-corrected chi connectivity index (χ3v) is 5.08. The Hall–Kier alpha value is -2.47. The van der Waals surface area contributed by atoms with Crippen LogP contribution in [0.15, 0.2) is 35.0 Å². The molecular formula is C21H26N2O4. The predicted molar refractivity (Wildman–Crippen MR) is 103 cm³/mol. The molecule has 2 fully saturated rings. The van der Waals surface area contributed by atoms with Crippen molar-refractivity contribution in [3.63, 3.8) is 0 Å². The van der Waals surface area contributed by atoms with Gasteiger partial charge in [-0.05, 0) is 50.0 Å². The maximum Gasteiger partial charge on any atom is 0.162 e. The second-order valence-electron chi connectivity index (χ2n) is 6.97. The van der Waals surface area contributed by atoms with E-state index in [0.29, 0.717) is 0 Å². The highest BCUT2D eigenvalue weighted by molar-refractivity contribution is 5.65. The molecule has 0 N–H and O–H groups in total. The normalized spacial score (nSPS) is 18.3. The number of methoxy groups -OCH3 is 1. The summed E-state index contributed by atoms with van der Waals surface area (Å²) >= 11 is 0. The van der Waals surface area contributed by atoms with Crippen LogP contribution in [-0.2, 0) is 4.74 Å². The fraction of sp³-hybridized carbons (Fsp3) is 0.476. The van der Waals surface area contributed by atoms with E-state index >= 15 is 0 Å². The maximum absolute atomic E-state index is 6.18. The molecule has 0 radical (unpaired) electrons. The Labute approximate surface area is 159 Å². The van der Waals surface area contributed by atoms with Crippen LogP contribution in [0.2, 0.25) is 0 Å². The Bertz CT molecular complexity index is 774. The molecule has 1 aliphatic heterocycles. The first-order valence-electron chi connectivity index (χ1n) is 9.63. The molecule has 27 heavy (non-hydrogen) atoms. The summed E-state index contributed by atoms with van der Waals surface area (Å²) in [7, 11) is 1.67. The molecule has 2 aromatic rings. The van der Waals surface area contributed by atoms with Crippen LogP contribution in [0.1, 0.15) is 31.4 Å². The fourth-order valence-corrected chi connectivity index (χ4v) is 3.52. The standard InChI is InChI=1S/C21H26N2O4/c1-24-20-7-6-16(14-21(20)26-17-4-2-3-5-17)19-15-18(27-22-19)8-9-23-10-12-25-13-11-23/h6-9,14-15,17H,2-5,10-13H2,1H3. The van der Waals surface area contributed by atoms with E-state index in [1.54, 1.807) is 7.11 Å². The highest BCUT2D eigenvalue weighted by atomic mass is 16.5. The largest absolute Gasteiger partial charge is 0.493 e. The van der Waals surface area contributed by atoms with Crippen LogP contribution in [0.25, 0.3) is 17.3 Å². The lowest BCUT2D eigenvalue weighted by Gasteiger charge is -2.24. The monoisotopic (exact) mass is 370 g/mol. The summed E-state index contributed by atoms with van der Waals surface area (Å²) in [6, 6.07) is 7.84. The van der Waals surface area contributed by atoms with Gasteiger partial charge in [-0.25, -0.2) is 0 Å². The van der Waals surface area contributed by atoms with Crippen molar-refractivity contribution in [1.82, 2.24) is 10.1 Å². The molecule has 4 rings (SSSR count). The van der Waals surface area contributed by atoms with E-state index in [-0.39, 0.29) is 6.10 Å². The van der Waals surface area contributed by atoms with Gasteiger partial charge in [-0.3, -0.25) is 0 Å². The number of aromatic nitrogens is 1. The summed E-state index contributed by atoms with van der Waals surface area (Å²) in [5, 5.41) is 4.21. The highest BCUT2D eigenvalue weighted by Crippen LogP contribution is 2.35. The molecule has 0 spiro atoms. The van der Waals surface area contributed by atoms with Crippen LogP contribution in [0.4, 0.5) is 0 Å². The van der Waals surface area contributed by atoms with E-state index in [0.717, 1.165) is 67.7 Å². The van der Waals surface area contributed by atoms with E-state index in [1.165, 1.54) is 12.8 Å². The molecule has 6 heteroatoms. The van der Waals surface area contributed by atoms with Crippen LogP contribution in [-0.4, -0.2) is 49.6 Å². The molecule has 0 unspecified atom stereocenters. The Balaban J connectivity index is 1.49. The summed E-state index contributed by atoms with van der Waals surface area (Å²) in [6.07, 6.45) is 8.93. The zero-order valence-electron chi connectivity index (χ0n) is 15.7. The molecule has 1 saturated heterocycles. The quantitative estimate of drug-likeness (QED) is 0.767. The second-order valence-corrected chi connectivity index (χ2v) is 6.97. The summed E-state index contributed by atoms with van der Waals surface area (Å²) in [5.74, 6) is 2.25. The molecule has 1 saturated carbocycles. The minimum absolute atomic E-state index is 0.276. The van der Waals surface area contributed by atoms with Gasteiger partial charge in [0.15, 0.2) is 17.3 Å². The summed E-state index contributed by atoms with van der Waals surface area (Å²) in [5.41, 5.74) is 1.74. The summed E-state index contributed by atoms with van der Waals surface area (Å²) in [6.45, 7) is 3.33. The average Bonchev–Trinajstić information content (AvgIpc) is 3.39.